The predicted octanol–water partition coefficient (Wildman–Crippen LogP) is 0.626. The largest absolute Gasteiger partial charge is 0.391 e. The van der Waals surface area contributed by atoms with Crippen molar-refractivity contribution in [1.29, 1.82) is 0 Å². The van der Waals surface area contributed by atoms with E-state index in [9.17, 15) is 9.90 Å². The van der Waals surface area contributed by atoms with E-state index in [4.69, 9.17) is 0 Å². The van der Waals surface area contributed by atoms with Crippen molar-refractivity contribution >= 4 is 5.91 Å². The third-order valence-corrected chi connectivity index (χ3v) is 2.17. The second-order valence-electron chi connectivity index (χ2n) is 3.88. The van der Waals surface area contributed by atoms with Crippen molar-refractivity contribution < 1.29 is 9.90 Å². The molecule has 1 fully saturated rings. The molecule has 0 aromatic rings. The maximum Gasteiger partial charge on any atom is 0.225 e. The number of likely N-dealkylation sites (tertiary alicyclic amines) is 1. The second kappa shape index (κ2) is 3.90. The lowest BCUT2D eigenvalue weighted by molar-refractivity contribution is -0.127. The molecular weight excluding hydrogens is 154 g/mol. The van der Waals surface area contributed by atoms with E-state index in [2.05, 4.69) is 13.8 Å². The Morgan fingerprint density at radius 2 is 2.33 bits per heavy atom. The van der Waals surface area contributed by atoms with Gasteiger partial charge < -0.3 is 10.0 Å². The standard InChI is InChI=1S/C9H17NO2/c1-7(2)3-4-10-6-8(11)5-9(10)12/h7-8,11H,3-6H2,1-2H3. The number of aliphatic hydroxyl groups excluding tert-OH is 1. The lowest BCUT2D eigenvalue weighted by Gasteiger charge is -2.16. The van der Waals surface area contributed by atoms with E-state index in [0.29, 0.717) is 18.9 Å². The zero-order chi connectivity index (χ0) is 9.14. The number of rotatable bonds is 3. The number of amides is 1. The summed E-state index contributed by atoms with van der Waals surface area (Å²) in [4.78, 5) is 12.9. The van der Waals surface area contributed by atoms with Crippen LogP contribution in [0.3, 0.4) is 0 Å². The molecule has 1 saturated heterocycles. The van der Waals surface area contributed by atoms with Crippen LogP contribution in [0, 0.1) is 5.92 Å². The van der Waals surface area contributed by atoms with E-state index < -0.39 is 6.10 Å². The highest BCUT2D eigenvalue weighted by atomic mass is 16.3. The summed E-state index contributed by atoms with van der Waals surface area (Å²) in [5, 5.41) is 9.17. The number of hydrogen-bond acceptors (Lipinski definition) is 2. The molecule has 1 unspecified atom stereocenters. The molecule has 70 valence electrons. The summed E-state index contributed by atoms with van der Waals surface area (Å²) in [5.74, 6) is 0.721. The molecule has 0 radical (unpaired) electrons. The minimum absolute atomic E-state index is 0.100. The molecule has 1 aliphatic rings. The monoisotopic (exact) mass is 171 g/mol. The molecule has 0 aliphatic carbocycles. The fourth-order valence-corrected chi connectivity index (χ4v) is 1.38. The van der Waals surface area contributed by atoms with Crippen LogP contribution in [0.4, 0.5) is 0 Å². The first-order valence-corrected chi connectivity index (χ1v) is 4.55. The number of β-amino-alcohol motifs (C(OH)–C–C–N with tert-alkyl or cyclic N) is 1. The van der Waals surface area contributed by atoms with E-state index in [1.54, 1.807) is 4.90 Å². The van der Waals surface area contributed by atoms with Crippen LogP contribution >= 0.6 is 0 Å². The van der Waals surface area contributed by atoms with Gasteiger partial charge in [0.15, 0.2) is 0 Å². The Labute approximate surface area is 73.4 Å². The first kappa shape index (κ1) is 9.52. The van der Waals surface area contributed by atoms with Crippen LogP contribution in [0.25, 0.3) is 0 Å². The van der Waals surface area contributed by atoms with Crippen LogP contribution in [0.15, 0.2) is 0 Å². The Kier molecular flexibility index (Phi) is 3.09. The Hall–Kier alpha value is -0.570. The van der Waals surface area contributed by atoms with Gasteiger partial charge in [-0.15, -0.1) is 0 Å². The molecule has 1 amide bonds. The number of carbonyl (C=O) groups is 1. The van der Waals surface area contributed by atoms with Crippen molar-refractivity contribution in [2.75, 3.05) is 13.1 Å². The molecule has 1 aliphatic heterocycles. The Morgan fingerprint density at radius 1 is 1.67 bits per heavy atom. The topological polar surface area (TPSA) is 40.5 Å². The van der Waals surface area contributed by atoms with E-state index in [0.717, 1.165) is 13.0 Å². The van der Waals surface area contributed by atoms with Crippen LogP contribution in [0.5, 0.6) is 0 Å². The summed E-state index contributed by atoms with van der Waals surface area (Å²) in [6.45, 7) is 5.60. The fourth-order valence-electron chi connectivity index (χ4n) is 1.38. The maximum atomic E-state index is 11.2. The highest BCUT2D eigenvalue weighted by Crippen LogP contribution is 2.12. The van der Waals surface area contributed by atoms with Crippen molar-refractivity contribution in [2.24, 2.45) is 5.92 Å². The normalized spacial score (nSPS) is 24.2. The molecule has 3 heteroatoms. The van der Waals surface area contributed by atoms with Gasteiger partial charge in [0, 0.05) is 13.1 Å². The fraction of sp³-hybridized carbons (Fsp3) is 0.889. The van der Waals surface area contributed by atoms with E-state index in [1.807, 2.05) is 0 Å². The van der Waals surface area contributed by atoms with Crippen molar-refractivity contribution in [3.05, 3.63) is 0 Å². The van der Waals surface area contributed by atoms with Crippen LogP contribution in [-0.4, -0.2) is 35.1 Å². The van der Waals surface area contributed by atoms with Crippen molar-refractivity contribution in [3.8, 4) is 0 Å². The number of carbonyl (C=O) groups excluding carboxylic acids is 1. The first-order chi connectivity index (χ1) is 5.59. The Balaban J connectivity index is 2.28. The van der Waals surface area contributed by atoms with E-state index in [1.165, 1.54) is 0 Å². The van der Waals surface area contributed by atoms with Crippen LogP contribution in [0.2, 0.25) is 0 Å². The van der Waals surface area contributed by atoms with Crippen molar-refractivity contribution in [3.63, 3.8) is 0 Å². The van der Waals surface area contributed by atoms with Gasteiger partial charge in [-0.1, -0.05) is 13.8 Å². The lowest BCUT2D eigenvalue weighted by atomic mass is 10.1. The Bertz CT molecular complexity index is 168. The van der Waals surface area contributed by atoms with Crippen LogP contribution < -0.4 is 0 Å². The predicted molar refractivity (Wildman–Crippen MR) is 46.7 cm³/mol. The molecule has 0 aromatic heterocycles. The summed E-state index contributed by atoms with van der Waals surface area (Å²) in [6, 6.07) is 0. The van der Waals surface area contributed by atoms with Crippen molar-refractivity contribution in [2.45, 2.75) is 32.8 Å². The highest BCUT2D eigenvalue weighted by Gasteiger charge is 2.27. The van der Waals surface area contributed by atoms with E-state index >= 15 is 0 Å². The third kappa shape index (κ3) is 2.48. The first-order valence-electron chi connectivity index (χ1n) is 4.55. The van der Waals surface area contributed by atoms with Gasteiger partial charge in [-0.25, -0.2) is 0 Å². The smallest absolute Gasteiger partial charge is 0.225 e. The molecule has 1 rings (SSSR count). The number of nitrogens with zero attached hydrogens (tertiary/aromatic N) is 1. The average Bonchev–Trinajstić information content (AvgIpc) is 2.26. The number of aliphatic hydroxyl groups is 1. The third-order valence-electron chi connectivity index (χ3n) is 2.17. The highest BCUT2D eigenvalue weighted by molar-refractivity contribution is 5.78. The molecule has 1 N–H and O–H groups in total. The zero-order valence-corrected chi connectivity index (χ0v) is 7.79. The summed E-state index contributed by atoms with van der Waals surface area (Å²) in [6.07, 6.45) is 0.918. The molecule has 1 atom stereocenters. The minimum atomic E-state index is -0.426. The van der Waals surface area contributed by atoms with Crippen LogP contribution in [0.1, 0.15) is 26.7 Å². The summed E-state index contributed by atoms with van der Waals surface area (Å²) in [7, 11) is 0. The average molecular weight is 171 g/mol. The summed E-state index contributed by atoms with van der Waals surface area (Å²) in [5.41, 5.74) is 0. The van der Waals surface area contributed by atoms with Gasteiger partial charge in [0.2, 0.25) is 5.91 Å². The Morgan fingerprint density at radius 3 is 2.75 bits per heavy atom. The van der Waals surface area contributed by atoms with Gasteiger partial charge >= 0.3 is 0 Å². The molecule has 3 nitrogen and oxygen atoms in total. The van der Waals surface area contributed by atoms with Gasteiger partial charge in [-0.2, -0.15) is 0 Å². The van der Waals surface area contributed by atoms with Crippen LogP contribution in [-0.2, 0) is 4.79 Å². The minimum Gasteiger partial charge on any atom is -0.391 e. The van der Waals surface area contributed by atoms with Gasteiger partial charge in [0.25, 0.3) is 0 Å². The molecule has 1 heterocycles. The van der Waals surface area contributed by atoms with Gasteiger partial charge in [-0.05, 0) is 12.3 Å². The van der Waals surface area contributed by atoms with E-state index in [-0.39, 0.29) is 5.91 Å². The number of hydrogen-bond donors (Lipinski definition) is 1. The van der Waals surface area contributed by atoms with Gasteiger partial charge in [-0.3, -0.25) is 4.79 Å². The second-order valence-corrected chi connectivity index (χ2v) is 3.88. The maximum absolute atomic E-state index is 11.2. The quantitative estimate of drug-likeness (QED) is 0.676. The van der Waals surface area contributed by atoms with Gasteiger partial charge in [0.1, 0.15) is 0 Å². The van der Waals surface area contributed by atoms with Crippen molar-refractivity contribution in [1.82, 2.24) is 4.90 Å². The zero-order valence-electron chi connectivity index (χ0n) is 7.79. The molecule has 0 aromatic carbocycles. The molecule has 12 heavy (non-hydrogen) atoms. The molecule has 0 spiro atoms. The molecular formula is C9H17NO2. The summed E-state index contributed by atoms with van der Waals surface area (Å²) >= 11 is 0. The molecule has 0 bridgehead atoms. The lowest BCUT2D eigenvalue weighted by Crippen LogP contribution is -2.27. The SMILES string of the molecule is CC(C)CCN1CC(O)CC1=O. The molecule has 0 saturated carbocycles. The van der Waals surface area contributed by atoms with Gasteiger partial charge in [0.05, 0.1) is 12.5 Å². The summed E-state index contributed by atoms with van der Waals surface area (Å²) < 4.78 is 0.